The molecule has 1 rings (SSSR count). The maximum atomic E-state index is 11.5. The maximum Gasteiger partial charge on any atom is 0.309 e. The molecule has 106 valence electrons. The lowest BCUT2D eigenvalue weighted by molar-refractivity contribution is -0.149. The van der Waals surface area contributed by atoms with Crippen molar-refractivity contribution in [3.05, 3.63) is 24.3 Å². The fourth-order valence-electron chi connectivity index (χ4n) is 1.48. The summed E-state index contributed by atoms with van der Waals surface area (Å²) in [6.07, 6.45) is 0.745. The summed E-state index contributed by atoms with van der Waals surface area (Å²) in [7, 11) is 1.62. The van der Waals surface area contributed by atoms with Gasteiger partial charge in [-0.25, -0.2) is 0 Å². The van der Waals surface area contributed by atoms with Crippen LogP contribution in [0.1, 0.15) is 19.8 Å². The minimum absolute atomic E-state index is 0.144. The van der Waals surface area contributed by atoms with Crippen LogP contribution in [0.3, 0.4) is 0 Å². The Morgan fingerprint density at radius 3 is 2.74 bits per heavy atom. The molecule has 2 N–H and O–H groups in total. The molecule has 0 saturated heterocycles. The van der Waals surface area contributed by atoms with Crippen LogP contribution >= 0.6 is 0 Å². The van der Waals surface area contributed by atoms with E-state index in [1.54, 1.807) is 19.2 Å². The van der Waals surface area contributed by atoms with E-state index in [1.165, 1.54) is 0 Å². The molecule has 0 fully saturated rings. The molecule has 0 spiro atoms. The highest BCUT2D eigenvalue weighted by Crippen LogP contribution is 2.19. The Kier molecular flexibility index (Phi) is 6.74. The van der Waals surface area contributed by atoms with Gasteiger partial charge in [0.25, 0.3) is 0 Å². The van der Waals surface area contributed by atoms with E-state index in [1.807, 2.05) is 19.1 Å². The Morgan fingerprint density at radius 1 is 1.32 bits per heavy atom. The molecule has 5 nitrogen and oxygen atoms in total. The number of carbonyl (C=O) groups is 1. The standard InChI is InChI=1S/C14H21NO4/c1-11(7-9-17-2)19-14(16)8-10-18-13-6-4-3-5-12(13)15/h3-6,11H,7-10,15H2,1-2H3. The SMILES string of the molecule is COCCC(C)OC(=O)CCOc1ccccc1N. The van der Waals surface area contributed by atoms with E-state index < -0.39 is 0 Å². The predicted octanol–water partition coefficient (Wildman–Crippen LogP) is 2.01. The number of methoxy groups -OCH3 is 1. The second-order valence-electron chi connectivity index (χ2n) is 4.22. The van der Waals surface area contributed by atoms with Crippen molar-refractivity contribution in [2.45, 2.75) is 25.9 Å². The van der Waals surface area contributed by atoms with Crippen LogP contribution in [-0.2, 0) is 14.3 Å². The number of para-hydroxylation sites is 2. The first-order chi connectivity index (χ1) is 9.13. The first kappa shape index (κ1) is 15.3. The van der Waals surface area contributed by atoms with E-state index in [0.717, 1.165) is 0 Å². The van der Waals surface area contributed by atoms with Crippen LogP contribution in [0.2, 0.25) is 0 Å². The van der Waals surface area contributed by atoms with Gasteiger partial charge in [0.1, 0.15) is 11.9 Å². The fourth-order valence-corrected chi connectivity index (χ4v) is 1.48. The molecule has 19 heavy (non-hydrogen) atoms. The van der Waals surface area contributed by atoms with Crippen molar-refractivity contribution in [2.75, 3.05) is 26.1 Å². The Bertz CT molecular complexity index is 395. The number of nitrogen functional groups attached to an aromatic ring is 1. The summed E-state index contributed by atoms with van der Waals surface area (Å²) in [6, 6.07) is 7.17. The maximum absolute atomic E-state index is 11.5. The molecule has 0 amide bonds. The molecule has 0 aliphatic carbocycles. The van der Waals surface area contributed by atoms with Gasteiger partial charge in [-0.2, -0.15) is 0 Å². The number of esters is 1. The molecule has 1 aromatic carbocycles. The number of anilines is 1. The largest absolute Gasteiger partial charge is 0.491 e. The predicted molar refractivity (Wildman–Crippen MR) is 73.0 cm³/mol. The van der Waals surface area contributed by atoms with Crippen LogP contribution in [-0.4, -0.2) is 32.4 Å². The third-order valence-electron chi connectivity index (χ3n) is 2.54. The van der Waals surface area contributed by atoms with E-state index in [0.29, 0.717) is 24.5 Å². The molecule has 5 heteroatoms. The summed E-state index contributed by atoms with van der Waals surface area (Å²) in [5.74, 6) is 0.306. The smallest absolute Gasteiger partial charge is 0.309 e. The molecular weight excluding hydrogens is 246 g/mol. The molecule has 0 saturated carbocycles. The van der Waals surface area contributed by atoms with Crippen molar-refractivity contribution < 1.29 is 19.0 Å². The number of nitrogens with two attached hydrogens (primary N) is 1. The normalized spacial score (nSPS) is 11.9. The molecule has 1 unspecified atom stereocenters. The lowest BCUT2D eigenvalue weighted by Crippen LogP contribution is -2.18. The zero-order valence-electron chi connectivity index (χ0n) is 11.4. The van der Waals surface area contributed by atoms with Gasteiger partial charge in [-0.05, 0) is 19.1 Å². The molecule has 0 heterocycles. The number of hydrogen-bond donors (Lipinski definition) is 1. The van der Waals surface area contributed by atoms with Gasteiger partial charge in [-0.15, -0.1) is 0 Å². The minimum Gasteiger partial charge on any atom is -0.491 e. The van der Waals surface area contributed by atoms with Crippen molar-refractivity contribution >= 4 is 11.7 Å². The topological polar surface area (TPSA) is 70.8 Å². The number of rotatable bonds is 8. The quantitative estimate of drug-likeness (QED) is 0.576. The zero-order chi connectivity index (χ0) is 14.1. The van der Waals surface area contributed by atoms with Crippen molar-refractivity contribution in [2.24, 2.45) is 0 Å². The molecular formula is C14H21NO4. The highest BCUT2D eigenvalue weighted by molar-refractivity contribution is 5.69. The van der Waals surface area contributed by atoms with Gasteiger partial charge < -0.3 is 19.9 Å². The summed E-state index contributed by atoms with van der Waals surface area (Å²) < 4.78 is 15.5. The van der Waals surface area contributed by atoms with Crippen LogP contribution < -0.4 is 10.5 Å². The Labute approximate surface area is 113 Å². The highest BCUT2D eigenvalue weighted by Gasteiger charge is 2.09. The second kappa shape index (κ2) is 8.37. The van der Waals surface area contributed by atoms with E-state index >= 15 is 0 Å². The number of ether oxygens (including phenoxy) is 3. The zero-order valence-corrected chi connectivity index (χ0v) is 11.4. The van der Waals surface area contributed by atoms with Crippen molar-refractivity contribution in [1.29, 1.82) is 0 Å². The number of benzene rings is 1. The molecule has 0 aliphatic rings. The fraction of sp³-hybridized carbons (Fsp3) is 0.500. The Hall–Kier alpha value is -1.75. The summed E-state index contributed by atoms with van der Waals surface area (Å²) in [4.78, 5) is 11.5. The van der Waals surface area contributed by atoms with Crippen molar-refractivity contribution in [1.82, 2.24) is 0 Å². The van der Waals surface area contributed by atoms with Crippen LogP contribution in [0.15, 0.2) is 24.3 Å². The summed E-state index contributed by atoms with van der Waals surface area (Å²) in [5, 5.41) is 0. The Balaban J connectivity index is 2.22. The second-order valence-corrected chi connectivity index (χ2v) is 4.22. The first-order valence-electron chi connectivity index (χ1n) is 6.29. The average molecular weight is 267 g/mol. The molecule has 0 bridgehead atoms. The van der Waals surface area contributed by atoms with Crippen LogP contribution in [0.5, 0.6) is 5.75 Å². The van der Waals surface area contributed by atoms with Crippen LogP contribution in [0.25, 0.3) is 0 Å². The van der Waals surface area contributed by atoms with Gasteiger partial charge in [-0.3, -0.25) is 4.79 Å². The molecule has 0 radical (unpaired) electrons. The van der Waals surface area contributed by atoms with Gasteiger partial charge >= 0.3 is 5.97 Å². The monoisotopic (exact) mass is 267 g/mol. The van der Waals surface area contributed by atoms with E-state index in [4.69, 9.17) is 19.9 Å². The van der Waals surface area contributed by atoms with Gasteiger partial charge in [0.2, 0.25) is 0 Å². The first-order valence-corrected chi connectivity index (χ1v) is 6.29. The third-order valence-corrected chi connectivity index (χ3v) is 2.54. The number of hydrogen-bond acceptors (Lipinski definition) is 5. The van der Waals surface area contributed by atoms with Crippen LogP contribution in [0, 0.1) is 0 Å². The third kappa shape index (κ3) is 6.10. The van der Waals surface area contributed by atoms with Crippen molar-refractivity contribution in [3.8, 4) is 5.75 Å². The summed E-state index contributed by atoms with van der Waals surface area (Å²) in [6.45, 7) is 2.67. The summed E-state index contributed by atoms with van der Waals surface area (Å²) in [5.41, 5.74) is 6.28. The molecule has 1 atom stereocenters. The Morgan fingerprint density at radius 2 is 2.05 bits per heavy atom. The lowest BCUT2D eigenvalue weighted by Gasteiger charge is -2.13. The summed E-state index contributed by atoms with van der Waals surface area (Å²) >= 11 is 0. The van der Waals surface area contributed by atoms with E-state index in [2.05, 4.69) is 0 Å². The number of carbonyl (C=O) groups excluding carboxylic acids is 1. The van der Waals surface area contributed by atoms with Gasteiger partial charge in [-0.1, -0.05) is 12.1 Å². The van der Waals surface area contributed by atoms with E-state index in [9.17, 15) is 4.79 Å². The van der Waals surface area contributed by atoms with Gasteiger partial charge in [0, 0.05) is 20.1 Å². The van der Waals surface area contributed by atoms with Crippen LogP contribution in [0.4, 0.5) is 5.69 Å². The van der Waals surface area contributed by atoms with Gasteiger partial charge in [0.05, 0.1) is 18.7 Å². The average Bonchev–Trinajstić information content (AvgIpc) is 2.38. The van der Waals surface area contributed by atoms with Gasteiger partial charge in [0.15, 0.2) is 0 Å². The van der Waals surface area contributed by atoms with E-state index in [-0.39, 0.29) is 25.1 Å². The molecule has 0 aliphatic heterocycles. The van der Waals surface area contributed by atoms with Crippen molar-refractivity contribution in [3.63, 3.8) is 0 Å². The molecule has 1 aromatic rings. The lowest BCUT2D eigenvalue weighted by atomic mass is 10.3. The molecule has 0 aromatic heterocycles. The highest BCUT2D eigenvalue weighted by atomic mass is 16.5. The minimum atomic E-state index is -0.280.